The van der Waals surface area contributed by atoms with Crippen LogP contribution in [0.3, 0.4) is 0 Å². The lowest BCUT2D eigenvalue weighted by Gasteiger charge is -2.22. The largest absolute Gasteiger partial charge is 0.497 e. The summed E-state index contributed by atoms with van der Waals surface area (Å²) in [6.07, 6.45) is -0.855. The molecule has 2 rings (SSSR count). The van der Waals surface area contributed by atoms with Gasteiger partial charge in [0.15, 0.2) is 0 Å². The third kappa shape index (κ3) is 1.69. The average Bonchev–Trinajstić information content (AvgIpc) is 2.26. The second-order valence-corrected chi connectivity index (χ2v) is 3.43. The number of benzene rings is 1. The van der Waals surface area contributed by atoms with Gasteiger partial charge in [-0.1, -0.05) is 0 Å². The van der Waals surface area contributed by atoms with Crippen LogP contribution in [-0.2, 0) is 11.2 Å². The summed E-state index contributed by atoms with van der Waals surface area (Å²) in [4.78, 5) is 11.6. The zero-order chi connectivity index (χ0) is 11.7. The minimum atomic E-state index is -1.10. The van der Waals surface area contributed by atoms with Crippen molar-refractivity contribution in [3.05, 3.63) is 23.3 Å². The van der Waals surface area contributed by atoms with Crippen LogP contribution in [0.15, 0.2) is 12.1 Å². The van der Waals surface area contributed by atoms with Crippen LogP contribution in [0.4, 0.5) is 0 Å². The molecular weight excluding hydrogens is 212 g/mol. The van der Waals surface area contributed by atoms with E-state index in [0.717, 1.165) is 0 Å². The molecule has 0 saturated carbocycles. The van der Waals surface area contributed by atoms with E-state index in [0.29, 0.717) is 22.6 Å². The number of rotatable bonds is 2. The van der Waals surface area contributed by atoms with Gasteiger partial charge >= 0.3 is 5.97 Å². The molecule has 1 aliphatic rings. The van der Waals surface area contributed by atoms with Crippen LogP contribution in [0.1, 0.15) is 15.9 Å². The SMILES string of the molecule is COc1cc2c(c(OC)c1)C(=O)OC(O)C2. The van der Waals surface area contributed by atoms with Crippen molar-refractivity contribution < 1.29 is 24.1 Å². The van der Waals surface area contributed by atoms with Gasteiger partial charge in [-0.25, -0.2) is 4.79 Å². The molecule has 1 N–H and O–H groups in total. The number of aliphatic hydroxyl groups excluding tert-OH is 1. The van der Waals surface area contributed by atoms with Gasteiger partial charge in [0.1, 0.15) is 17.1 Å². The molecule has 1 aromatic carbocycles. The van der Waals surface area contributed by atoms with E-state index < -0.39 is 12.3 Å². The van der Waals surface area contributed by atoms with Gasteiger partial charge in [-0.3, -0.25) is 0 Å². The topological polar surface area (TPSA) is 65.0 Å². The number of cyclic esters (lactones) is 1. The predicted molar refractivity (Wildman–Crippen MR) is 54.7 cm³/mol. The summed E-state index contributed by atoms with van der Waals surface area (Å²) in [6, 6.07) is 3.30. The predicted octanol–water partition coefficient (Wildman–Crippen LogP) is 0.735. The Kier molecular flexibility index (Phi) is 2.70. The van der Waals surface area contributed by atoms with Gasteiger partial charge < -0.3 is 19.3 Å². The van der Waals surface area contributed by atoms with Crippen LogP contribution in [0, 0.1) is 0 Å². The quantitative estimate of drug-likeness (QED) is 0.750. The molecular formula is C11H12O5. The first-order valence-corrected chi connectivity index (χ1v) is 4.79. The maximum absolute atomic E-state index is 11.6. The van der Waals surface area contributed by atoms with E-state index in [4.69, 9.17) is 14.2 Å². The van der Waals surface area contributed by atoms with Crippen LogP contribution >= 0.6 is 0 Å². The molecule has 0 fully saturated rings. The van der Waals surface area contributed by atoms with Gasteiger partial charge in [0.2, 0.25) is 6.29 Å². The Labute approximate surface area is 92.5 Å². The Hall–Kier alpha value is -1.75. The van der Waals surface area contributed by atoms with Crippen molar-refractivity contribution in [2.24, 2.45) is 0 Å². The summed E-state index contributed by atoms with van der Waals surface area (Å²) >= 11 is 0. The molecule has 0 aromatic heterocycles. The number of ether oxygens (including phenoxy) is 3. The molecule has 5 nitrogen and oxygen atoms in total. The highest BCUT2D eigenvalue weighted by Gasteiger charge is 2.29. The molecule has 0 spiro atoms. The summed E-state index contributed by atoms with van der Waals surface area (Å²) < 4.78 is 14.9. The number of fused-ring (bicyclic) bond motifs is 1. The Morgan fingerprint density at radius 3 is 2.75 bits per heavy atom. The summed E-state index contributed by atoms with van der Waals surface area (Å²) in [5, 5.41) is 9.33. The van der Waals surface area contributed by atoms with E-state index in [1.807, 2.05) is 0 Å². The van der Waals surface area contributed by atoms with Crippen molar-refractivity contribution in [1.29, 1.82) is 0 Å². The maximum Gasteiger partial charge on any atom is 0.344 e. The zero-order valence-electron chi connectivity index (χ0n) is 9.02. The number of hydrogen-bond donors (Lipinski definition) is 1. The molecule has 0 amide bonds. The first-order chi connectivity index (χ1) is 7.65. The third-order valence-electron chi connectivity index (χ3n) is 2.45. The summed E-state index contributed by atoms with van der Waals surface area (Å²) in [7, 11) is 2.99. The summed E-state index contributed by atoms with van der Waals surface area (Å²) in [6.45, 7) is 0. The summed E-state index contributed by atoms with van der Waals surface area (Å²) in [5.74, 6) is 0.400. The molecule has 0 aliphatic carbocycles. The van der Waals surface area contributed by atoms with E-state index in [1.165, 1.54) is 14.2 Å². The van der Waals surface area contributed by atoms with E-state index >= 15 is 0 Å². The smallest absolute Gasteiger partial charge is 0.344 e. The first kappa shape index (κ1) is 10.8. The number of carbonyl (C=O) groups excluding carboxylic acids is 1. The Morgan fingerprint density at radius 1 is 1.38 bits per heavy atom. The minimum absolute atomic E-state index is 0.245. The average molecular weight is 224 g/mol. The maximum atomic E-state index is 11.6. The van der Waals surface area contributed by atoms with E-state index in [1.54, 1.807) is 12.1 Å². The fourth-order valence-corrected chi connectivity index (χ4v) is 1.73. The van der Waals surface area contributed by atoms with Gasteiger partial charge in [0.05, 0.1) is 14.2 Å². The van der Waals surface area contributed by atoms with Crippen molar-refractivity contribution >= 4 is 5.97 Å². The van der Waals surface area contributed by atoms with Gasteiger partial charge in [-0.05, 0) is 11.6 Å². The molecule has 1 atom stereocenters. The number of carbonyl (C=O) groups is 1. The van der Waals surface area contributed by atoms with Crippen molar-refractivity contribution in [3.63, 3.8) is 0 Å². The standard InChI is InChI=1S/C11H12O5/c1-14-7-3-6-4-9(12)16-11(13)10(6)8(5-7)15-2/h3,5,9,12H,4H2,1-2H3. The normalized spacial score (nSPS) is 18.7. The fourth-order valence-electron chi connectivity index (χ4n) is 1.73. The molecule has 0 bridgehead atoms. The van der Waals surface area contributed by atoms with Crippen LogP contribution in [0.25, 0.3) is 0 Å². The number of methoxy groups -OCH3 is 2. The van der Waals surface area contributed by atoms with Gasteiger partial charge in [0, 0.05) is 12.5 Å². The number of hydrogen-bond acceptors (Lipinski definition) is 5. The molecule has 1 heterocycles. The van der Waals surface area contributed by atoms with Gasteiger partial charge in [0.25, 0.3) is 0 Å². The fraction of sp³-hybridized carbons (Fsp3) is 0.364. The van der Waals surface area contributed by atoms with Crippen LogP contribution in [-0.4, -0.2) is 31.6 Å². The molecule has 1 aliphatic heterocycles. The Morgan fingerprint density at radius 2 is 2.12 bits per heavy atom. The van der Waals surface area contributed by atoms with Crippen molar-refractivity contribution in [1.82, 2.24) is 0 Å². The Bertz CT molecular complexity index is 427. The van der Waals surface area contributed by atoms with Gasteiger partial charge in [-0.15, -0.1) is 0 Å². The highest BCUT2D eigenvalue weighted by Crippen LogP contribution is 2.32. The molecule has 16 heavy (non-hydrogen) atoms. The molecule has 0 radical (unpaired) electrons. The monoisotopic (exact) mass is 224 g/mol. The number of esters is 1. The van der Waals surface area contributed by atoms with E-state index in [9.17, 15) is 9.90 Å². The molecule has 0 saturated heterocycles. The van der Waals surface area contributed by atoms with Gasteiger partial charge in [-0.2, -0.15) is 0 Å². The molecule has 86 valence electrons. The summed E-state index contributed by atoms with van der Waals surface area (Å²) in [5.41, 5.74) is 1.02. The second kappa shape index (κ2) is 4.02. The van der Waals surface area contributed by atoms with Crippen LogP contribution in [0.2, 0.25) is 0 Å². The van der Waals surface area contributed by atoms with E-state index in [2.05, 4.69) is 0 Å². The van der Waals surface area contributed by atoms with E-state index in [-0.39, 0.29) is 6.42 Å². The van der Waals surface area contributed by atoms with Crippen LogP contribution in [0.5, 0.6) is 11.5 Å². The highest BCUT2D eigenvalue weighted by molar-refractivity contribution is 5.95. The lowest BCUT2D eigenvalue weighted by Crippen LogP contribution is -2.27. The number of aliphatic hydroxyl groups is 1. The highest BCUT2D eigenvalue weighted by atomic mass is 16.6. The molecule has 1 unspecified atom stereocenters. The molecule has 1 aromatic rings. The molecule has 5 heteroatoms. The Balaban J connectivity index is 2.56. The van der Waals surface area contributed by atoms with Crippen molar-refractivity contribution in [2.75, 3.05) is 14.2 Å². The lowest BCUT2D eigenvalue weighted by atomic mass is 10.0. The van der Waals surface area contributed by atoms with Crippen LogP contribution < -0.4 is 9.47 Å². The van der Waals surface area contributed by atoms with Crippen molar-refractivity contribution in [2.45, 2.75) is 12.7 Å². The second-order valence-electron chi connectivity index (χ2n) is 3.43. The first-order valence-electron chi connectivity index (χ1n) is 4.79. The minimum Gasteiger partial charge on any atom is -0.497 e. The van der Waals surface area contributed by atoms with Crippen molar-refractivity contribution in [3.8, 4) is 11.5 Å². The lowest BCUT2D eigenvalue weighted by molar-refractivity contribution is -0.0689. The third-order valence-corrected chi connectivity index (χ3v) is 2.45. The zero-order valence-corrected chi connectivity index (χ0v) is 9.02.